The van der Waals surface area contributed by atoms with E-state index >= 15 is 0 Å². The summed E-state index contributed by atoms with van der Waals surface area (Å²) in [5.41, 5.74) is 0.339. The monoisotopic (exact) mass is 329 g/mol. The quantitative estimate of drug-likeness (QED) is 0.915. The fourth-order valence-electron chi connectivity index (χ4n) is 3.46. The Balaban J connectivity index is 1.93. The van der Waals surface area contributed by atoms with Crippen molar-refractivity contribution < 1.29 is 14.4 Å². The van der Waals surface area contributed by atoms with Crippen molar-refractivity contribution in [1.29, 1.82) is 0 Å². The third-order valence-electron chi connectivity index (χ3n) is 4.75. The first-order valence-corrected chi connectivity index (χ1v) is 8.35. The summed E-state index contributed by atoms with van der Waals surface area (Å²) >= 11 is 0. The minimum Gasteiger partial charge on any atom is -0.354 e. The Kier molecular flexibility index (Phi) is 4.07. The topological polar surface area (TPSA) is 69.7 Å². The van der Waals surface area contributed by atoms with E-state index in [1.165, 1.54) is 4.90 Å². The molecule has 24 heavy (non-hydrogen) atoms. The Labute approximate surface area is 141 Å². The normalized spacial score (nSPS) is 22.7. The molecule has 2 aliphatic rings. The van der Waals surface area contributed by atoms with Crippen molar-refractivity contribution in [2.24, 2.45) is 5.92 Å². The number of fused-ring (bicyclic) bond motifs is 3. The van der Waals surface area contributed by atoms with Crippen molar-refractivity contribution in [3.05, 3.63) is 29.8 Å². The lowest BCUT2D eigenvalue weighted by Crippen LogP contribution is -2.63. The number of nitrogens with one attached hydrogen (secondary N) is 1. The van der Waals surface area contributed by atoms with Crippen LogP contribution >= 0.6 is 0 Å². The second kappa shape index (κ2) is 5.92. The average Bonchev–Trinajstić information content (AvgIpc) is 2.86. The molecule has 2 aliphatic heterocycles. The first kappa shape index (κ1) is 16.5. The lowest BCUT2D eigenvalue weighted by atomic mass is 9.98. The second-order valence-electron chi connectivity index (χ2n) is 7.05. The lowest BCUT2D eigenvalue weighted by molar-refractivity contribution is -0.124. The number of carbonyl (C=O) groups excluding carboxylic acids is 3. The number of hydrogen-bond acceptors (Lipinski definition) is 3. The van der Waals surface area contributed by atoms with Crippen LogP contribution in [0.25, 0.3) is 0 Å². The summed E-state index contributed by atoms with van der Waals surface area (Å²) in [4.78, 5) is 40.9. The Morgan fingerprint density at radius 2 is 2.00 bits per heavy atom. The first-order chi connectivity index (χ1) is 11.3. The van der Waals surface area contributed by atoms with Crippen LogP contribution in [0.4, 0.5) is 5.69 Å². The van der Waals surface area contributed by atoms with Gasteiger partial charge in [0.15, 0.2) is 0 Å². The molecule has 1 fully saturated rings. The number of hydrogen-bond donors (Lipinski definition) is 1. The molecule has 3 rings (SSSR count). The SMILES string of the molecule is CC(C)CNC(=O)CN1C(=O)c2ccccc2N2C(=O)CCC12C. The number of rotatable bonds is 4. The van der Waals surface area contributed by atoms with Crippen molar-refractivity contribution in [3.8, 4) is 0 Å². The Bertz CT molecular complexity index is 701. The summed E-state index contributed by atoms with van der Waals surface area (Å²) in [6.07, 6.45) is 0.908. The van der Waals surface area contributed by atoms with Crippen LogP contribution in [0.15, 0.2) is 24.3 Å². The molecule has 0 saturated carbocycles. The molecular formula is C18H23N3O3. The van der Waals surface area contributed by atoms with Gasteiger partial charge in [0, 0.05) is 13.0 Å². The van der Waals surface area contributed by atoms with E-state index in [-0.39, 0.29) is 24.3 Å². The summed E-state index contributed by atoms with van der Waals surface area (Å²) < 4.78 is 0. The third-order valence-corrected chi connectivity index (χ3v) is 4.75. The molecule has 2 heterocycles. The average molecular weight is 329 g/mol. The van der Waals surface area contributed by atoms with Crippen LogP contribution in [-0.4, -0.2) is 41.4 Å². The molecule has 0 aliphatic carbocycles. The lowest BCUT2D eigenvalue weighted by Gasteiger charge is -2.48. The fraction of sp³-hybridized carbons (Fsp3) is 0.500. The van der Waals surface area contributed by atoms with Crippen molar-refractivity contribution in [3.63, 3.8) is 0 Å². The highest BCUT2D eigenvalue weighted by molar-refractivity contribution is 6.11. The van der Waals surface area contributed by atoms with E-state index in [9.17, 15) is 14.4 Å². The van der Waals surface area contributed by atoms with Gasteiger partial charge >= 0.3 is 0 Å². The number of para-hydroxylation sites is 1. The summed E-state index contributed by atoms with van der Waals surface area (Å²) in [6, 6.07) is 7.10. The third kappa shape index (κ3) is 2.56. The van der Waals surface area contributed by atoms with Crippen molar-refractivity contribution in [1.82, 2.24) is 10.2 Å². The van der Waals surface area contributed by atoms with E-state index in [4.69, 9.17) is 0 Å². The maximum Gasteiger partial charge on any atom is 0.258 e. The molecule has 1 unspecified atom stereocenters. The highest BCUT2D eigenvalue weighted by Gasteiger charge is 2.53. The summed E-state index contributed by atoms with van der Waals surface area (Å²) in [7, 11) is 0. The zero-order valence-electron chi connectivity index (χ0n) is 14.3. The zero-order chi connectivity index (χ0) is 17.5. The Morgan fingerprint density at radius 3 is 2.71 bits per heavy atom. The number of carbonyl (C=O) groups is 3. The molecule has 128 valence electrons. The van der Waals surface area contributed by atoms with E-state index < -0.39 is 5.66 Å². The van der Waals surface area contributed by atoms with Crippen molar-refractivity contribution in [2.45, 2.75) is 39.3 Å². The van der Waals surface area contributed by atoms with Crippen LogP contribution in [0.2, 0.25) is 0 Å². The molecule has 0 bridgehead atoms. The van der Waals surface area contributed by atoms with Crippen LogP contribution in [0.5, 0.6) is 0 Å². The van der Waals surface area contributed by atoms with Crippen LogP contribution in [0, 0.1) is 5.92 Å². The molecule has 3 amide bonds. The van der Waals surface area contributed by atoms with E-state index in [1.54, 1.807) is 23.1 Å². The van der Waals surface area contributed by atoms with Gasteiger partial charge in [-0.1, -0.05) is 26.0 Å². The summed E-state index contributed by atoms with van der Waals surface area (Å²) in [6.45, 7) is 6.42. The molecule has 0 spiro atoms. The molecule has 1 aromatic carbocycles. The van der Waals surface area contributed by atoms with E-state index in [1.807, 2.05) is 26.8 Å². The number of amides is 3. The molecule has 0 aromatic heterocycles. The van der Waals surface area contributed by atoms with Gasteiger partial charge in [0.1, 0.15) is 12.2 Å². The van der Waals surface area contributed by atoms with E-state index in [2.05, 4.69) is 5.32 Å². The van der Waals surface area contributed by atoms with Gasteiger partial charge < -0.3 is 10.2 Å². The predicted molar refractivity (Wildman–Crippen MR) is 90.5 cm³/mol. The van der Waals surface area contributed by atoms with Gasteiger partial charge in [-0.15, -0.1) is 0 Å². The van der Waals surface area contributed by atoms with Crippen LogP contribution in [-0.2, 0) is 9.59 Å². The van der Waals surface area contributed by atoms with Crippen LogP contribution in [0.3, 0.4) is 0 Å². The Hall–Kier alpha value is -2.37. The molecule has 0 radical (unpaired) electrons. The van der Waals surface area contributed by atoms with Gasteiger partial charge in [0.25, 0.3) is 5.91 Å². The number of benzene rings is 1. The van der Waals surface area contributed by atoms with Crippen LogP contribution in [0.1, 0.15) is 44.0 Å². The maximum absolute atomic E-state index is 13.0. The maximum atomic E-state index is 13.0. The highest BCUT2D eigenvalue weighted by atomic mass is 16.2. The van der Waals surface area contributed by atoms with Gasteiger partial charge in [0.2, 0.25) is 11.8 Å². The number of anilines is 1. The van der Waals surface area contributed by atoms with Crippen molar-refractivity contribution >= 4 is 23.4 Å². The van der Waals surface area contributed by atoms with Gasteiger partial charge in [0.05, 0.1) is 11.3 Å². The smallest absolute Gasteiger partial charge is 0.258 e. The van der Waals surface area contributed by atoms with E-state index in [0.717, 1.165) is 0 Å². The summed E-state index contributed by atoms with van der Waals surface area (Å²) in [5.74, 6) is -0.0624. The molecule has 6 heteroatoms. The minimum absolute atomic E-state index is 0.00922. The van der Waals surface area contributed by atoms with Gasteiger partial charge in [-0.25, -0.2) is 0 Å². The van der Waals surface area contributed by atoms with E-state index in [0.29, 0.717) is 36.6 Å². The second-order valence-corrected chi connectivity index (χ2v) is 7.05. The minimum atomic E-state index is -0.780. The molecule has 1 atom stereocenters. The first-order valence-electron chi connectivity index (χ1n) is 8.35. The Morgan fingerprint density at radius 1 is 1.29 bits per heavy atom. The van der Waals surface area contributed by atoms with Crippen molar-refractivity contribution in [2.75, 3.05) is 18.0 Å². The molecule has 1 N–H and O–H groups in total. The molecular weight excluding hydrogens is 306 g/mol. The summed E-state index contributed by atoms with van der Waals surface area (Å²) in [5, 5.41) is 2.85. The zero-order valence-corrected chi connectivity index (χ0v) is 14.3. The van der Waals surface area contributed by atoms with Gasteiger partial charge in [-0.2, -0.15) is 0 Å². The van der Waals surface area contributed by atoms with Crippen LogP contribution < -0.4 is 10.2 Å². The number of nitrogens with zero attached hydrogens (tertiary/aromatic N) is 2. The molecule has 1 aromatic rings. The molecule has 1 saturated heterocycles. The fourth-order valence-corrected chi connectivity index (χ4v) is 3.46. The van der Waals surface area contributed by atoms with Gasteiger partial charge in [-0.05, 0) is 31.4 Å². The predicted octanol–water partition coefficient (Wildman–Crippen LogP) is 1.76. The standard InChI is InChI=1S/C18H23N3O3/c1-12(2)10-19-15(22)11-20-17(24)13-6-4-5-7-14(13)21-16(23)8-9-18(20,21)3/h4-7,12H,8-11H2,1-3H3,(H,19,22). The van der Waals surface area contributed by atoms with Gasteiger partial charge in [-0.3, -0.25) is 19.3 Å². The highest BCUT2D eigenvalue weighted by Crippen LogP contribution is 2.43. The molecule has 6 nitrogen and oxygen atoms in total. The largest absolute Gasteiger partial charge is 0.354 e.